The van der Waals surface area contributed by atoms with Gasteiger partial charge in [-0.05, 0) is 25.7 Å². The Balaban J connectivity index is 1.89. The van der Waals surface area contributed by atoms with Crippen molar-refractivity contribution >= 4 is 5.97 Å². The molecule has 2 N–H and O–H groups in total. The van der Waals surface area contributed by atoms with Gasteiger partial charge in [0.1, 0.15) is 0 Å². The highest BCUT2D eigenvalue weighted by atomic mass is 16.4. The minimum absolute atomic E-state index is 0.139. The van der Waals surface area contributed by atoms with Crippen LogP contribution < -0.4 is 5.32 Å². The summed E-state index contributed by atoms with van der Waals surface area (Å²) in [7, 11) is 0. The first-order chi connectivity index (χ1) is 7.27. The van der Waals surface area contributed by atoms with Crippen LogP contribution in [0.1, 0.15) is 51.4 Å². The molecule has 2 fully saturated rings. The van der Waals surface area contributed by atoms with E-state index in [0.717, 1.165) is 19.3 Å². The molecule has 3 nitrogen and oxygen atoms in total. The van der Waals surface area contributed by atoms with Crippen molar-refractivity contribution in [3.63, 3.8) is 0 Å². The van der Waals surface area contributed by atoms with Gasteiger partial charge in [0, 0.05) is 12.1 Å². The van der Waals surface area contributed by atoms with Crippen molar-refractivity contribution in [3.05, 3.63) is 0 Å². The maximum absolute atomic E-state index is 11.1. The Kier molecular flexibility index (Phi) is 3.62. The van der Waals surface area contributed by atoms with Crippen LogP contribution in [0.2, 0.25) is 0 Å². The van der Waals surface area contributed by atoms with Gasteiger partial charge in [-0.2, -0.15) is 0 Å². The van der Waals surface area contributed by atoms with Gasteiger partial charge >= 0.3 is 5.97 Å². The standard InChI is InChI=1S/C12H21NO2/c14-12(15)10-7-3-4-8-11(10)13-9-5-1-2-6-9/h9-11,13H,1-8H2,(H,14,15). The Bertz CT molecular complexity index is 224. The molecule has 0 radical (unpaired) electrons. The van der Waals surface area contributed by atoms with Crippen molar-refractivity contribution in [2.45, 2.75) is 63.5 Å². The van der Waals surface area contributed by atoms with E-state index in [1.807, 2.05) is 0 Å². The summed E-state index contributed by atoms with van der Waals surface area (Å²) in [6.07, 6.45) is 9.27. The van der Waals surface area contributed by atoms with E-state index < -0.39 is 5.97 Å². The van der Waals surface area contributed by atoms with Gasteiger partial charge in [-0.25, -0.2) is 0 Å². The van der Waals surface area contributed by atoms with E-state index in [4.69, 9.17) is 5.11 Å². The van der Waals surface area contributed by atoms with Crippen molar-refractivity contribution < 1.29 is 9.90 Å². The molecule has 0 aromatic heterocycles. The molecule has 0 heterocycles. The van der Waals surface area contributed by atoms with Gasteiger partial charge in [0.25, 0.3) is 0 Å². The van der Waals surface area contributed by atoms with Crippen molar-refractivity contribution in [1.29, 1.82) is 0 Å². The highest BCUT2D eigenvalue weighted by Gasteiger charge is 2.32. The van der Waals surface area contributed by atoms with Crippen LogP contribution in [0.25, 0.3) is 0 Å². The number of carboxylic acid groups (broad SMARTS) is 1. The third-order valence-electron chi connectivity index (χ3n) is 3.89. The Morgan fingerprint density at radius 2 is 1.60 bits per heavy atom. The predicted molar refractivity (Wildman–Crippen MR) is 58.8 cm³/mol. The Morgan fingerprint density at radius 1 is 1.00 bits per heavy atom. The predicted octanol–water partition coefficient (Wildman–Crippen LogP) is 2.16. The average Bonchev–Trinajstić information content (AvgIpc) is 2.71. The molecule has 2 atom stereocenters. The molecule has 2 aliphatic rings. The van der Waals surface area contributed by atoms with Crippen LogP contribution >= 0.6 is 0 Å². The topological polar surface area (TPSA) is 49.3 Å². The summed E-state index contributed by atoms with van der Waals surface area (Å²) in [4.78, 5) is 11.1. The minimum atomic E-state index is -0.606. The lowest BCUT2D eigenvalue weighted by molar-refractivity contribution is -0.143. The van der Waals surface area contributed by atoms with Crippen molar-refractivity contribution in [3.8, 4) is 0 Å². The maximum atomic E-state index is 11.1. The summed E-state index contributed by atoms with van der Waals surface area (Å²) < 4.78 is 0. The van der Waals surface area contributed by atoms with Crippen LogP contribution in [0, 0.1) is 5.92 Å². The van der Waals surface area contributed by atoms with E-state index in [1.54, 1.807) is 0 Å². The quantitative estimate of drug-likeness (QED) is 0.752. The molecular weight excluding hydrogens is 190 g/mol. The average molecular weight is 211 g/mol. The lowest BCUT2D eigenvalue weighted by Crippen LogP contribution is -2.46. The van der Waals surface area contributed by atoms with Crippen LogP contribution in [0.3, 0.4) is 0 Å². The van der Waals surface area contributed by atoms with Crippen LogP contribution in [0.15, 0.2) is 0 Å². The monoisotopic (exact) mass is 211 g/mol. The second kappa shape index (κ2) is 4.97. The number of rotatable bonds is 3. The van der Waals surface area contributed by atoms with Crippen LogP contribution in [0.5, 0.6) is 0 Å². The minimum Gasteiger partial charge on any atom is -0.481 e. The molecule has 2 unspecified atom stereocenters. The second-order valence-corrected chi connectivity index (χ2v) is 4.98. The second-order valence-electron chi connectivity index (χ2n) is 4.98. The fourth-order valence-electron chi connectivity index (χ4n) is 3.02. The molecule has 0 aromatic carbocycles. The van der Waals surface area contributed by atoms with Crippen LogP contribution in [-0.2, 0) is 4.79 Å². The smallest absolute Gasteiger partial charge is 0.308 e. The van der Waals surface area contributed by atoms with E-state index in [9.17, 15) is 4.79 Å². The van der Waals surface area contributed by atoms with E-state index >= 15 is 0 Å². The largest absolute Gasteiger partial charge is 0.481 e. The molecule has 15 heavy (non-hydrogen) atoms. The molecule has 0 bridgehead atoms. The number of hydrogen-bond donors (Lipinski definition) is 2. The van der Waals surface area contributed by atoms with Crippen molar-refractivity contribution in [1.82, 2.24) is 5.32 Å². The van der Waals surface area contributed by atoms with Gasteiger partial charge in [0.15, 0.2) is 0 Å². The van der Waals surface area contributed by atoms with Crippen LogP contribution in [0.4, 0.5) is 0 Å². The molecule has 0 saturated heterocycles. The van der Waals surface area contributed by atoms with Crippen molar-refractivity contribution in [2.75, 3.05) is 0 Å². The Morgan fingerprint density at radius 3 is 2.27 bits per heavy atom. The number of carboxylic acids is 1. The summed E-state index contributed by atoms with van der Waals surface area (Å²) in [5.41, 5.74) is 0. The zero-order valence-corrected chi connectivity index (χ0v) is 9.24. The van der Waals surface area contributed by atoms with Gasteiger partial charge in [-0.3, -0.25) is 4.79 Å². The summed E-state index contributed by atoms with van der Waals surface area (Å²) in [5.74, 6) is -0.746. The highest BCUT2D eigenvalue weighted by Crippen LogP contribution is 2.27. The number of hydrogen-bond acceptors (Lipinski definition) is 2. The van der Waals surface area contributed by atoms with Gasteiger partial charge in [0.2, 0.25) is 0 Å². The molecule has 3 heteroatoms. The lowest BCUT2D eigenvalue weighted by Gasteiger charge is -2.31. The van der Waals surface area contributed by atoms with Gasteiger partial charge in [-0.15, -0.1) is 0 Å². The molecule has 0 aliphatic heterocycles. The number of nitrogens with one attached hydrogen (secondary N) is 1. The van der Waals surface area contributed by atoms with E-state index in [2.05, 4.69) is 5.32 Å². The van der Waals surface area contributed by atoms with Crippen LogP contribution in [-0.4, -0.2) is 23.2 Å². The Labute approximate surface area is 91.2 Å². The fraction of sp³-hybridized carbons (Fsp3) is 0.917. The van der Waals surface area contributed by atoms with Crippen molar-refractivity contribution in [2.24, 2.45) is 5.92 Å². The maximum Gasteiger partial charge on any atom is 0.308 e. The third kappa shape index (κ3) is 2.71. The summed E-state index contributed by atoms with van der Waals surface area (Å²) in [6, 6.07) is 0.828. The molecule has 2 aliphatic carbocycles. The molecule has 0 spiro atoms. The SMILES string of the molecule is O=C(O)C1CCCCC1NC1CCCC1. The van der Waals surface area contributed by atoms with E-state index in [0.29, 0.717) is 6.04 Å². The van der Waals surface area contributed by atoms with E-state index in [1.165, 1.54) is 32.1 Å². The zero-order valence-electron chi connectivity index (χ0n) is 9.24. The highest BCUT2D eigenvalue weighted by molar-refractivity contribution is 5.71. The first-order valence-corrected chi connectivity index (χ1v) is 6.26. The fourth-order valence-corrected chi connectivity index (χ4v) is 3.02. The number of aliphatic carboxylic acids is 1. The van der Waals surface area contributed by atoms with Gasteiger partial charge < -0.3 is 10.4 Å². The molecule has 2 rings (SSSR count). The summed E-state index contributed by atoms with van der Waals surface area (Å²) >= 11 is 0. The molecule has 0 amide bonds. The Hall–Kier alpha value is -0.570. The third-order valence-corrected chi connectivity index (χ3v) is 3.89. The van der Waals surface area contributed by atoms with Gasteiger partial charge in [-0.1, -0.05) is 25.7 Å². The zero-order chi connectivity index (χ0) is 10.7. The molecule has 0 aromatic rings. The molecule has 2 saturated carbocycles. The summed E-state index contributed by atoms with van der Waals surface area (Å²) in [5, 5.41) is 12.7. The van der Waals surface area contributed by atoms with Gasteiger partial charge in [0.05, 0.1) is 5.92 Å². The van der Waals surface area contributed by atoms with E-state index in [-0.39, 0.29) is 12.0 Å². The first-order valence-electron chi connectivity index (χ1n) is 6.26. The normalized spacial score (nSPS) is 33.1. The summed E-state index contributed by atoms with van der Waals surface area (Å²) in [6.45, 7) is 0. The lowest BCUT2D eigenvalue weighted by atomic mass is 9.84. The molecule has 86 valence electrons. The first kappa shape index (κ1) is 10.9. The molecular formula is C12H21NO2. The number of carbonyl (C=O) groups is 1.